The van der Waals surface area contributed by atoms with Gasteiger partial charge in [-0.25, -0.2) is 0 Å². The highest BCUT2D eigenvalue weighted by atomic mass is 31.1. The summed E-state index contributed by atoms with van der Waals surface area (Å²) in [6.07, 6.45) is 6.85. The minimum atomic E-state index is -0.446. The zero-order chi connectivity index (χ0) is 14.7. The highest BCUT2D eigenvalue weighted by Gasteiger charge is 2.38. The van der Waals surface area contributed by atoms with Crippen LogP contribution >= 0.6 is 15.8 Å². The molecule has 21 heavy (non-hydrogen) atoms. The summed E-state index contributed by atoms with van der Waals surface area (Å²) in [7, 11) is -0.522. The van der Waals surface area contributed by atoms with Crippen molar-refractivity contribution in [2.45, 2.75) is 0 Å². The maximum Gasteiger partial charge on any atom is 0.0241 e. The normalized spacial score (nSPS) is 17.0. The van der Waals surface area contributed by atoms with Crippen LogP contribution in [0.25, 0.3) is 0 Å². The zero-order valence-electron chi connectivity index (χ0n) is 12.4. The highest BCUT2D eigenvalue weighted by Crippen LogP contribution is 2.64. The Balaban J connectivity index is 2.01. The molecule has 0 aromatic heterocycles. The molecule has 0 nitrogen and oxygen atoms in total. The smallest absolute Gasteiger partial charge is 0.0241 e. The van der Waals surface area contributed by atoms with Crippen molar-refractivity contribution in [3.05, 3.63) is 91.2 Å². The molecule has 2 aromatic carbocycles. The molecule has 0 amide bonds. The molecule has 0 heterocycles. The lowest BCUT2D eigenvalue weighted by Crippen LogP contribution is -2.18. The van der Waals surface area contributed by atoms with Crippen molar-refractivity contribution in [3.63, 3.8) is 0 Å². The molecule has 2 heteroatoms. The molecule has 1 aliphatic rings. The summed E-state index contributed by atoms with van der Waals surface area (Å²) >= 11 is 0. The van der Waals surface area contributed by atoms with E-state index in [1.807, 2.05) is 0 Å². The fourth-order valence-electron chi connectivity index (χ4n) is 2.55. The van der Waals surface area contributed by atoms with Gasteiger partial charge in [0.1, 0.15) is 0 Å². The second-order valence-electron chi connectivity index (χ2n) is 5.20. The third-order valence-corrected chi connectivity index (χ3v) is 7.55. The minimum Gasteiger partial charge on any atom is -0.104 e. The molecule has 0 bridgehead atoms. The van der Waals surface area contributed by atoms with Crippen molar-refractivity contribution in [2.24, 2.45) is 0 Å². The van der Waals surface area contributed by atoms with Crippen molar-refractivity contribution in [3.8, 4) is 0 Å². The SMILES string of the molecule is CP(C)[C]1[CH][CH][CH][C]1P(c1ccccc1)c1ccccc1. The molecular weight excluding hydrogens is 290 g/mol. The molecule has 0 aliphatic heterocycles. The van der Waals surface area contributed by atoms with E-state index in [1.54, 1.807) is 5.66 Å². The third-order valence-electron chi connectivity index (χ3n) is 3.52. The van der Waals surface area contributed by atoms with Crippen LogP contribution in [0.4, 0.5) is 0 Å². The fraction of sp³-hybridized carbons (Fsp3) is 0.105. The summed E-state index contributed by atoms with van der Waals surface area (Å²) in [5, 5.41) is 2.87. The molecular formula is C19H19P2. The van der Waals surface area contributed by atoms with E-state index < -0.39 is 7.92 Å². The van der Waals surface area contributed by atoms with Gasteiger partial charge in [-0.2, -0.15) is 0 Å². The molecule has 2 aromatic rings. The second-order valence-corrected chi connectivity index (χ2v) is 9.65. The van der Waals surface area contributed by atoms with Gasteiger partial charge in [-0.05, 0) is 51.1 Å². The molecule has 0 atom stereocenters. The number of rotatable bonds is 4. The first-order chi connectivity index (χ1) is 10.3. The van der Waals surface area contributed by atoms with Gasteiger partial charge in [0, 0.05) is 11.3 Å². The lowest BCUT2D eigenvalue weighted by atomic mass is 10.3. The van der Waals surface area contributed by atoms with Crippen LogP contribution in [0.1, 0.15) is 0 Å². The Labute approximate surface area is 131 Å². The average Bonchev–Trinajstić information content (AvgIpc) is 2.99. The van der Waals surface area contributed by atoms with E-state index in [0.29, 0.717) is 0 Å². The van der Waals surface area contributed by atoms with Crippen LogP contribution in [0, 0.1) is 30.6 Å². The van der Waals surface area contributed by atoms with Gasteiger partial charge in [0.15, 0.2) is 0 Å². The van der Waals surface area contributed by atoms with Crippen LogP contribution in [0.15, 0.2) is 60.7 Å². The highest BCUT2D eigenvalue weighted by molar-refractivity contribution is 7.77. The van der Waals surface area contributed by atoms with Gasteiger partial charge in [-0.15, -0.1) is 7.92 Å². The lowest BCUT2D eigenvalue weighted by molar-refractivity contribution is 1.44. The molecule has 0 spiro atoms. The fourth-order valence-corrected chi connectivity index (χ4v) is 6.70. The van der Waals surface area contributed by atoms with Crippen molar-refractivity contribution in [1.82, 2.24) is 0 Å². The minimum absolute atomic E-state index is 0.0763. The zero-order valence-corrected chi connectivity index (χ0v) is 14.2. The molecule has 3 rings (SSSR count). The predicted octanol–water partition coefficient (Wildman–Crippen LogP) is 4.55. The average molecular weight is 309 g/mol. The van der Waals surface area contributed by atoms with Gasteiger partial charge in [-0.1, -0.05) is 60.7 Å². The van der Waals surface area contributed by atoms with E-state index in [0.717, 1.165) is 0 Å². The summed E-state index contributed by atoms with van der Waals surface area (Å²) in [6.45, 7) is 4.69. The molecule has 1 fully saturated rings. The molecule has 0 saturated heterocycles. The monoisotopic (exact) mass is 309 g/mol. The summed E-state index contributed by atoms with van der Waals surface area (Å²) in [5.41, 5.74) is 3.07. The second kappa shape index (κ2) is 7.04. The predicted molar refractivity (Wildman–Crippen MR) is 97.2 cm³/mol. The quantitative estimate of drug-likeness (QED) is 0.727. The van der Waals surface area contributed by atoms with Crippen LogP contribution in [0.2, 0.25) is 0 Å². The van der Waals surface area contributed by atoms with Gasteiger partial charge in [0.25, 0.3) is 0 Å². The first-order valence-electron chi connectivity index (χ1n) is 7.10. The maximum atomic E-state index is 2.34. The third kappa shape index (κ3) is 3.39. The molecule has 105 valence electrons. The standard InChI is InChI=1S/C19H19P2/c1-20(2)18-14-9-15-19(18)21(16-10-5-3-6-11-16)17-12-7-4-8-13-17/h3-15H,1-2H3. The largest absolute Gasteiger partial charge is 0.104 e. The van der Waals surface area contributed by atoms with E-state index >= 15 is 0 Å². The van der Waals surface area contributed by atoms with Crippen LogP contribution < -0.4 is 10.6 Å². The Morgan fingerprint density at radius 1 is 0.619 bits per heavy atom. The van der Waals surface area contributed by atoms with Crippen LogP contribution in [0.5, 0.6) is 0 Å². The summed E-state index contributed by atoms with van der Waals surface area (Å²) in [5.74, 6) is 0. The molecule has 1 aliphatic carbocycles. The van der Waals surface area contributed by atoms with Crippen LogP contribution in [-0.4, -0.2) is 13.3 Å². The Morgan fingerprint density at radius 3 is 1.57 bits per heavy atom. The van der Waals surface area contributed by atoms with Gasteiger partial charge in [-0.3, -0.25) is 0 Å². The molecule has 0 N–H and O–H groups in total. The lowest BCUT2D eigenvalue weighted by Gasteiger charge is -2.31. The van der Waals surface area contributed by atoms with Crippen LogP contribution in [-0.2, 0) is 0 Å². The first kappa shape index (κ1) is 15.2. The number of hydrogen-bond donors (Lipinski definition) is 0. The Morgan fingerprint density at radius 2 is 1.10 bits per heavy atom. The summed E-state index contributed by atoms with van der Waals surface area (Å²) in [6, 6.07) is 21.9. The van der Waals surface area contributed by atoms with Gasteiger partial charge < -0.3 is 0 Å². The van der Waals surface area contributed by atoms with E-state index in [1.165, 1.54) is 16.3 Å². The van der Waals surface area contributed by atoms with Crippen molar-refractivity contribution >= 4 is 26.5 Å². The number of benzene rings is 2. The Kier molecular flexibility index (Phi) is 5.10. The molecule has 1 saturated carbocycles. The van der Waals surface area contributed by atoms with Crippen molar-refractivity contribution in [2.75, 3.05) is 13.3 Å². The van der Waals surface area contributed by atoms with Gasteiger partial charge in [0.05, 0.1) is 0 Å². The van der Waals surface area contributed by atoms with Crippen molar-refractivity contribution in [1.29, 1.82) is 0 Å². The first-order valence-corrected chi connectivity index (χ1v) is 10.7. The van der Waals surface area contributed by atoms with E-state index in [-0.39, 0.29) is 7.92 Å². The van der Waals surface area contributed by atoms with Gasteiger partial charge >= 0.3 is 0 Å². The molecule has 0 unspecified atom stereocenters. The van der Waals surface area contributed by atoms with Crippen molar-refractivity contribution < 1.29 is 0 Å². The molecule has 5 radical (unpaired) electrons. The number of hydrogen-bond acceptors (Lipinski definition) is 0. The Bertz CT molecular complexity index is 511. The van der Waals surface area contributed by atoms with E-state index in [9.17, 15) is 0 Å². The topological polar surface area (TPSA) is 0 Å². The summed E-state index contributed by atoms with van der Waals surface area (Å²) < 4.78 is 0. The van der Waals surface area contributed by atoms with E-state index in [2.05, 4.69) is 93.3 Å². The van der Waals surface area contributed by atoms with Crippen LogP contribution in [0.3, 0.4) is 0 Å². The summed E-state index contributed by atoms with van der Waals surface area (Å²) in [4.78, 5) is 0. The maximum absolute atomic E-state index is 2.34. The Hall–Kier alpha value is -0.700. The van der Waals surface area contributed by atoms with Gasteiger partial charge in [0.2, 0.25) is 0 Å². The van der Waals surface area contributed by atoms with E-state index in [4.69, 9.17) is 0 Å².